The highest BCUT2D eigenvalue weighted by molar-refractivity contribution is 7.91. The molecule has 0 spiro atoms. The number of piperidine rings is 1. The molecule has 1 aromatic carbocycles. The van der Waals surface area contributed by atoms with Gasteiger partial charge in [0.05, 0.1) is 6.61 Å². The van der Waals surface area contributed by atoms with E-state index in [1.54, 1.807) is 17.6 Å². The molecule has 13 heteroatoms. The summed E-state index contributed by atoms with van der Waals surface area (Å²) in [6, 6.07) is 4.76. The van der Waals surface area contributed by atoms with Gasteiger partial charge in [0.25, 0.3) is 5.91 Å². The van der Waals surface area contributed by atoms with Crippen LogP contribution in [-0.4, -0.2) is 74.5 Å². The van der Waals surface area contributed by atoms with Crippen molar-refractivity contribution in [3.63, 3.8) is 0 Å². The number of carbonyl (C=O) groups is 1. The summed E-state index contributed by atoms with van der Waals surface area (Å²) in [6.45, 7) is 4.32. The number of ether oxygens (including phenoxy) is 1. The topological polar surface area (TPSA) is 111 Å². The average Bonchev–Trinajstić information content (AvgIpc) is 2.80. The highest BCUT2D eigenvalue weighted by atomic mass is 35.5. The zero-order valence-corrected chi connectivity index (χ0v) is 21.0. The molecule has 2 fully saturated rings. The number of benzene rings is 1. The number of hydrogen-bond donors (Lipinski definition) is 3. The van der Waals surface area contributed by atoms with Crippen LogP contribution in [0.25, 0.3) is 0 Å². The molecule has 2 aliphatic heterocycles. The number of amides is 1. The maximum atomic E-state index is 14.4. The molecule has 3 N–H and O–H groups in total. The quantitative estimate of drug-likeness (QED) is 0.267. The van der Waals surface area contributed by atoms with E-state index < -0.39 is 26.5 Å². The van der Waals surface area contributed by atoms with Gasteiger partial charge in [0.1, 0.15) is 0 Å². The molecule has 2 saturated heterocycles. The molecular formula is C20H33Cl2FN4O5S. The van der Waals surface area contributed by atoms with Gasteiger partial charge in [-0.05, 0) is 44.5 Å². The van der Waals surface area contributed by atoms with Gasteiger partial charge in [0, 0.05) is 37.9 Å². The third kappa shape index (κ3) is 6.20. The minimum atomic E-state index is -3.99. The number of rotatable bonds is 8. The Bertz CT molecular complexity index is 879. The van der Waals surface area contributed by atoms with Crippen LogP contribution in [0, 0.1) is 5.82 Å². The van der Waals surface area contributed by atoms with Crippen LogP contribution in [0.1, 0.15) is 32.6 Å². The predicted octanol–water partition coefficient (Wildman–Crippen LogP) is 1.93. The zero-order chi connectivity index (χ0) is 22.5. The molecule has 0 saturated carbocycles. The van der Waals surface area contributed by atoms with Crippen molar-refractivity contribution in [3.05, 3.63) is 24.0 Å². The number of hydroxylamine groups is 1. The van der Waals surface area contributed by atoms with Crippen LogP contribution >= 0.6 is 24.8 Å². The van der Waals surface area contributed by atoms with E-state index in [9.17, 15) is 17.6 Å². The van der Waals surface area contributed by atoms with Crippen molar-refractivity contribution in [2.75, 3.05) is 50.8 Å². The van der Waals surface area contributed by atoms with Crippen molar-refractivity contribution in [2.45, 2.75) is 37.4 Å². The second-order valence-electron chi connectivity index (χ2n) is 7.89. The van der Waals surface area contributed by atoms with Crippen molar-refractivity contribution in [2.24, 2.45) is 0 Å². The fraction of sp³-hybridized carbons (Fsp3) is 0.650. The molecule has 9 nitrogen and oxygen atoms in total. The van der Waals surface area contributed by atoms with Crippen LogP contribution in [0.4, 0.5) is 10.1 Å². The second-order valence-corrected chi connectivity index (χ2v) is 10.1. The molecule has 1 aromatic rings. The summed E-state index contributed by atoms with van der Waals surface area (Å²) in [4.78, 5) is 14.3. The van der Waals surface area contributed by atoms with Crippen LogP contribution in [-0.2, 0) is 14.8 Å². The predicted molar refractivity (Wildman–Crippen MR) is 129 cm³/mol. The summed E-state index contributed by atoms with van der Waals surface area (Å²) in [5.74, 6) is -1.13. The van der Waals surface area contributed by atoms with E-state index in [4.69, 9.17) is 9.94 Å². The third-order valence-electron chi connectivity index (χ3n) is 6.03. The van der Waals surface area contributed by atoms with E-state index >= 15 is 0 Å². The Morgan fingerprint density at radius 2 is 1.85 bits per heavy atom. The highest BCUT2D eigenvalue weighted by Gasteiger charge is 2.54. The minimum Gasteiger partial charge on any atom is -0.491 e. The molecular weight excluding hydrogens is 498 g/mol. The van der Waals surface area contributed by atoms with Crippen LogP contribution in [0.2, 0.25) is 0 Å². The van der Waals surface area contributed by atoms with Crippen LogP contribution in [0.15, 0.2) is 18.2 Å². The molecule has 2 heterocycles. The first-order valence-corrected chi connectivity index (χ1v) is 12.1. The molecule has 0 unspecified atom stereocenters. The number of unbranched alkanes of at least 4 members (excludes halogenated alkanes) is 1. The number of nitrogens with one attached hydrogen (secondary N) is 2. The Hall–Kier alpha value is -1.37. The fourth-order valence-electron chi connectivity index (χ4n) is 4.10. The summed E-state index contributed by atoms with van der Waals surface area (Å²) in [7, 11) is -3.99. The standard InChI is InChI=1S/C20H31FN4O5S.2ClH/c1-2-3-14-30-18-5-4-16(15-17(18)21)24-10-12-25(13-11-24)31(28,29)20(19(26)23-27)6-8-22-9-7-20;;/h4-5,15,22,27H,2-3,6-14H2,1H3,(H,23,26);2*1H. The number of nitrogens with zero attached hydrogens (tertiary/aromatic N) is 2. The van der Waals surface area contributed by atoms with E-state index in [0.717, 1.165) is 12.8 Å². The van der Waals surface area contributed by atoms with Crippen molar-refractivity contribution >= 4 is 46.4 Å². The Morgan fingerprint density at radius 1 is 1.21 bits per heavy atom. The Kier molecular flexibility index (Phi) is 11.6. The molecule has 2 aliphatic rings. The van der Waals surface area contributed by atoms with E-state index in [0.29, 0.717) is 38.5 Å². The first kappa shape index (κ1) is 29.7. The van der Waals surface area contributed by atoms with E-state index in [2.05, 4.69) is 5.32 Å². The summed E-state index contributed by atoms with van der Waals surface area (Å²) in [6.07, 6.45) is 1.99. The normalized spacial score (nSPS) is 18.6. The fourth-order valence-corrected chi connectivity index (χ4v) is 6.24. The van der Waals surface area contributed by atoms with Gasteiger partial charge in [-0.2, -0.15) is 4.31 Å². The van der Waals surface area contributed by atoms with Gasteiger partial charge < -0.3 is 15.0 Å². The lowest BCUT2D eigenvalue weighted by molar-refractivity contribution is -0.132. The Labute approximate surface area is 206 Å². The monoisotopic (exact) mass is 530 g/mol. The first-order valence-electron chi connectivity index (χ1n) is 10.7. The van der Waals surface area contributed by atoms with Gasteiger partial charge in [0.15, 0.2) is 16.3 Å². The first-order chi connectivity index (χ1) is 14.9. The van der Waals surface area contributed by atoms with E-state index in [1.807, 2.05) is 11.8 Å². The Balaban J connectivity index is 0.00000272. The molecule has 33 heavy (non-hydrogen) atoms. The maximum Gasteiger partial charge on any atom is 0.266 e. The number of sulfonamides is 1. The highest BCUT2D eigenvalue weighted by Crippen LogP contribution is 2.33. The molecule has 0 aliphatic carbocycles. The molecule has 1 amide bonds. The second kappa shape index (κ2) is 12.9. The summed E-state index contributed by atoms with van der Waals surface area (Å²) in [5, 5.41) is 12.2. The maximum absolute atomic E-state index is 14.4. The van der Waals surface area contributed by atoms with Crippen LogP contribution < -0.4 is 20.4 Å². The number of piperazine rings is 1. The molecule has 0 aromatic heterocycles. The van der Waals surface area contributed by atoms with Gasteiger partial charge in [-0.3, -0.25) is 10.0 Å². The lowest BCUT2D eigenvalue weighted by atomic mass is 9.96. The largest absolute Gasteiger partial charge is 0.491 e. The van der Waals surface area contributed by atoms with Crippen LogP contribution in [0.3, 0.4) is 0 Å². The van der Waals surface area contributed by atoms with Crippen molar-refractivity contribution in [3.8, 4) is 5.75 Å². The van der Waals surface area contributed by atoms with Gasteiger partial charge in [-0.25, -0.2) is 18.3 Å². The summed E-state index contributed by atoms with van der Waals surface area (Å²) < 4.78 is 46.2. The molecule has 0 atom stereocenters. The lowest BCUT2D eigenvalue weighted by Gasteiger charge is -2.42. The number of carbonyl (C=O) groups excluding carboxylic acids is 1. The van der Waals surface area contributed by atoms with E-state index in [1.165, 1.54) is 10.4 Å². The summed E-state index contributed by atoms with van der Waals surface area (Å²) in [5.41, 5.74) is 2.20. The SMILES string of the molecule is CCCCOc1ccc(N2CCN(S(=O)(=O)C3(C(=O)NO)CCNCC3)CC2)cc1F.Cl.Cl. The smallest absolute Gasteiger partial charge is 0.266 e. The Morgan fingerprint density at radius 3 is 2.39 bits per heavy atom. The lowest BCUT2D eigenvalue weighted by Crippen LogP contribution is -2.63. The van der Waals surface area contributed by atoms with Crippen molar-refractivity contribution in [1.29, 1.82) is 0 Å². The minimum absolute atomic E-state index is 0. The number of hydrogen-bond acceptors (Lipinski definition) is 7. The number of anilines is 1. The van der Waals surface area contributed by atoms with Crippen molar-refractivity contribution in [1.82, 2.24) is 15.1 Å². The van der Waals surface area contributed by atoms with Gasteiger partial charge >= 0.3 is 0 Å². The number of halogens is 3. The summed E-state index contributed by atoms with van der Waals surface area (Å²) >= 11 is 0. The van der Waals surface area contributed by atoms with Gasteiger partial charge in [0.2, 0.25) is 10.0 Å². The zero-order valence-electron chi connectivity index (χ0n) is 18.6. The third-order valence-corrected chi connectivity index (χ3v) is 8.66. The molecule has 0 radical (unpaired) electrons. The van der Waals surface area contributed by atoms with E-state index in [-0.39, 0.29) is 56.5 Å². The van der Waals surface area contributed by atoms with Gasteiger partial charge in [-0.15, -0.1) is 24.8 Å². The molecule has 3 rings (SSSR count). The molecule has 0 bridgehead atoms. The average molecular weight is 531 g/mol. The molecule has 190 valence electrons. The van der Waals surface area contributed by atoms with Gasteiger partial charge in [-0.1, -0.05) is 13.3 Å². The van der Waals surface area contributed by atoms with Crippen LogP contribution in [0.5, 0.6) is 5.75 Å². The van der Waals surface area contributed by atoms with Crippen molar-refractivity contribution < 1.29 is 27.5 Å².